The van der Waals surface area contributed by atoms with Crippen molar-refractivity contribution in [3.8, 4) is 0 Å². The maximum absolute atomic E-state index is 10.8. The van der Waals surface area contributed by atoms with E-state index in [9.17, 15) is 9.90 Å². The average Bonchev–Trinajstić information content (AvgIpc) is 2.37. The smallest absolute Gasteiger partial charge is 0.306 e. The minimum Gasteiger partial charge on any atom is -0.459 e. The first-order valence-electron chi connectivity index (χ1n) is 3.89. The molecule has 0 aromatic rings. The largest absolute Gasteiger partial charge is 0.459 e. The van der Waals surface area contributed by atoms with E-state index in [0.717, 1.165) is 6.42 Å². The molecule has 0 radical (unpaired) electrons. The highest BCUT2D eigenvalue weighted by atomic mass is 16.6. The number of hydrogen-bond acceptors (Lipinski definition) is 3. The quantitative estimate of drug-likeness (QED) is 0.412. The number of esters is 1. The van der Waals surface area contributed by atoms with Gasteiger partial charge in [0.2, 0.25) is 0 Å². The molecule has 4 heteroatoms. The number of fused-ring (bicyclic) bond motifs is 1. The van der Waals surface area contributed by atoms with Gasteiger partial charge in [0.1, 0.15) is 18.2 Å². The van der Waals surface area contributed by atoms with Crippen molar-refractivity contribution in [2.45, 2.75) is 31.1 Å². The van der Waals surface area contributed by atoms with E-state index in [-0.39, 0.29) is 24.0 Å². The molecular formula is C7H12NO3+. The number of quaternary nitrogens is 1. The fourth-order valence-corrected chi connectivity index (χ4v) is 1.99. The van der Waals surface area contributed by atoms with Crippen LogP contribution in [-0.4, -0.2) is 29.3 Å². The van der Waals surface area contributed by atoms with E-state index >= 15 is 0 Å². The first kappa shape index (κ1) is 7.06. The summed E-state index contributed by atoms with van der Waals surface area (Å²) in [7, 11) is 0. The molecule has 2 aliphatic rings. The number of ether oxygens (including phenoxy) is 1. The summed E-state index contributed by atoms with van der Waals surface area (Å²) in [4.78, 5) is 10.8. The number of aliphatic hydroxyl groups excluding tert-OH is 1. The van der Waals surface area contributed by atoms with E-state index in [1.165, 1.54) is 0 Å². The lowest BCUT2D eigenvalue weighted by atomic mass is 10.0. The van der Waals surface area contributed by atoms with Gasteiger partial charge in [-0.1, -0.05) is 0 Å². The van der Waals surface area contributed by atoms with Gasteiger partial charge in [-0.15, -0.1) is 0 Å². The van der Waals surface area contributed by atoms with E-state index in [4.69, 9.17) is 4.74 Å². The Morgan fingerprint density at radius 2 is 2.36 bits per heavy atom. The molecule has 0 aromatic carbocycles. The Bertz CT molecular complexity index is 194. The molecule has 11 heavy (non-hydrogen) atoms. The van der Waals surface area contributed by atoms with Crippen molar-refractivity contribution in [3.63, 3.8) is 0 Å². The number of carbonyl (C=O) groups is 1. The maximum Gasteiger partial charge on any atom is 0.306 e. The summed E-state index contributed by atoms with van der Waals surface area (Å²) in [6, 6.07) is 0.0399. The zero-order valence-corrected chi connectivity index (χ0v) is 6.19. The van der Waals surface area contributed by atoms with Gasteiger partial charge in [-0.2, -0.15) is 0 Å². The van der Waals surface area contributed by atoms with Crippen LogP contribution in [0.1, 0.15) is 12.8 Å². The SMILES string of the molecule is [NH3+][C@H]1C[C@H]2CC(=O)O[C@H]2[C@@H]1O. The van der Waals surface area contributed by atoms with Crippen LogP contribution in [-0.2, 0) is 9.53 Å². The summed E-state index contributed by atoms with van der Waals surface area (Å²) < 4.78 is 4.94. The van der Waals surface area contributed by atoms with Crippen molar-refractivity contribution in [3.05, 3.63) is 0 Å². The van der Waals surface area contributed by atoms with Gasteiger partial charge in [-0.05, 0) is 0 Å². The van der Waals surface area contributed by atoms with Gasteiger partial charge in [0.25, 0.3) is 0 Å². The van der Waals surface area contributed by atoms with Crippen LogP contribution in [0, 0.1) is 5.92 Å². The van der Waals surface area contributed by atoms with Crippen molar-refractivity contribution < 1.29 is 20.4 Å². The lowest BCUT2D eigenvalue weighted by Gasteiger charge is -2.11. The van der Waals surface area contributed by atoms with Crippen LogP contribution in [0.2, 0.25) is 0 Å². The van der Waals surface area contributed by atoms with Crippen LogP contribution in [0.3, 0.4) is 0 Å². The Kier molecular flexibility index (Phi) is 1.40. The predicted octanol–water partition coefficient (Wildman–Crippen LogP) is -1.71. The second kappa shape index (κ2) is 2.19. The standard InChI is InChI=1S/C7H11NO3/c8-4-1-3-2-5(9)11-7(3)6(4)10/h3-4,6-7,10H,1-2,8H2/p+1/t3-,4-,6+,7+/m0/s1. The number of hydrogen-bond donors (Lipinski definition) is 2. The summed E-state index contributed by atoms with van der Waals surface area (Å²) in [5, 5.41) is 9.45. The van der Waals surface area contributed by atoms with E-state index in [0.29, 0.717) is 6.42 Å². The van der Waals surface area contributed by atoms with Crippen molar-refractivity contribution in [1.29, 1.82) is 0 Å². The molecule has 1 saturated heterocycles. The summed E-state index contributed by atoms with van der Waals surface area (Å²) in [6.07, 6.45) is 0.488. The third-order valence-electron chi connectivity index (χ3n) is 2.59. The summed E-state index contributed by atoms with van der Waals surface area (Å²) in [5.41, 5.74) is 3.78. The molecule has 1 aliphatic heterocycles. The molecule has 0 unspecified atom stereocenters. The zero-order chi connectivity index (χ0) is 8.01. The normalized spacial score (nSPS) is 49.1. The lowest BCUT2D eigenvalue weighted by molar-refractivity contribution is -0.434. The van der Waals surface area contributed by atoms with E-state index in [2.05, 4.69) is 5.73 Å². The molecule has 62 valence electrons. The second-order valence-corrected chi connectivity index (χ2v) is 3.41. The highest BCUT2D eigenvalue weighted by Gasteiger charge is 2.50. The molecule has 1 saturated carbocycles. The fraction of sp³-hybridized carbons (Fsp3) is 0.857. The van der Waals surface area contributed by atoms with Gasteiger partial charge in [-0.3, -0.25) is 4.79 Å². The molecule has 2 rings (SSSR count). The summed E-state index contributed by atoms with van der Waals surface area (Å²) in [6.45, 7) is 0. The Balaban J connectivity index is 2.13. The van der Waals surface area contributed by atoms with Gasteiger partial charge < -0.3 is 15.6 Å². The minimum atomic E-state index is -0.536. The van der Waals surface area contributed by atoms with E-state index in [1.807, 2.05) is 0 Å². The summed E-state index contributed by atoms with van der Waals surface area (Å²) >= 11 is 0. The van der Waals surface area contributed by atoms with Crippen LogP contribution in [0.4, 0.5) is 0 Å². The van der Waals surface area contributed by atoms with E-state index < -0.39 is 6.10 Å². The van der Waals surface area contributed by atoms with E-state index in [1.54, 1.807) is 0 Å². The molecule has 1 heterocycles. The third kappa shape index (κ3) is 0.937. The maximum atomic E-state index is 10.8. The van der Waals surface area contributed by atoms with Crippen molar-refractivity contribution in [2.24, 2.45) is 5.92 Å². The van der Waals surface area contributed by atoms with Crippen LogP contribution in [0.15, 0.2) is 0 Å². The average molecular weight is 158 g/mol. The lowest BCUT2D eigenvalue weighted by Crippen LogP contribution is -2.65. The number of carbonyl (C=O) groups excluding carboxylic acids is 1. The highest BCUT2D eigenvalue weighted by Crippen LogP contribution is 2.35. The van der Waals surface area contributed by atoms with Gasteiger partial charge in [0, 0.05) is 12.3 Å². The first-order valence-corrected chi connectivity index (χ1v) is 3.89. The summed E-state index contributed by atoms with van der Waals surface area (Å²) in [5.74, 6) is 0.0472. The molecule has 0 bridgehead atoms. The minimum absolute atomic E-state index is 0.0399. The van der Waals surface area contributed by atoms with Gasteiger partial charge in [0.15, 0.2) is 0 Å². The molecule has 4 N–H and O–H groups in total. The van der Waals surface area contributed by atoms with Crippen molar-refractivity contribution in [2.75, 3.05) is 0 Å². The fourth-order valence-electron chi connectivity index (χ4n) is 1.99. The molecule has 0 spiro atoms. The topological polar surface area (TPSA) is 74.2 Å². The predicted molar refractivity (Wildman–Crippen MR) is 35.3 cm³/mol. The van der Waals surface area contributed by atoms with Crippen LogP contribution in [0.25, 0.3) is 0 Å². The monoisotopic (exact) mass is 158 g/mol. The van der Waals surface area contributed by atoms with Crippen molar-refractivity contribution >= 4 is 5.97 Å². The van der Waals surface area contributed by atoms with Crippen LogP contribution < -0.4 is 5.73 Å². The zero-order valence-electron chi connectivity index (χ0n) is 6.19. The Labute approximate surface area is 64.3 Å². The first-order chi connectivity index (χ1) is 5.18. The number of rotatable bonds is 0. The molecule has 1 aliphatic carbocycles. The highest BCUT2D eigenvalue weighted by molar-refractivity contribution is 5.72. The second-order valence-electron chi connectivity index (χ2n) is 3.41. The molecule has 4 nitrogen and oxygen atoms in total. The van der Waals surface area contributed by atoms with Crippen LogP contribution >= 0.6 is 0 Å². The Hall–Kier alpha value is -0.610. The van der Waals surface area contributed by atoms with Crippen LogP contribution in [0.5, 0.6) is 0 Å². The molecule has 0 amide bonds. The van der Waals surface area contributed by atoms with Gasteiger partial charge in [-0.25, -0.2) is 0 Å². The molecular weight excluding hydrogens is 146 g/mol. The Morgan fingerprint density at radius 3 is 3.00 bits per heavy atom. The van der Waals surface area contributed by atoms with Gasteiger partial charge in [0.05, 0.1) is 6.42 Å². The third-order valence-corrected chi connectivity index (χ3v) is 2.59. The molecule has 2 fully saturated rings. The Morgan fingerprint density at radius 1 is 1.64 bits per heavy atom. The van der Waals surface area contributed by atoms with Gasteiger partial charge >= 0.3 is 5.97 Å². The van der Waals surface area contributed by atoms with Crippen molar-refractivity contribution in [1.82, 2.24) is 0 Å². The number of aliphatic hydroxyl groups is 1. The molecule has 4 atom stereocenters. The molecule has 0 aromatic heterocycles.